The molecule has 1 aromatic carbocycles. The number of hydrogen-bond acceptors (Lipinski definition) is 3. The zero-order valence-electron chi connectivity index (χ0n) is 9.67. The highest BCUT2D eigenvalue weighted by Crippen LogP contribution is 2.41. The molecule has 18 heavy (non-hydrogen) atoms. The van der Waals surface area contributed by atoms with Gasteiger partial charge in [-0.3, -0.25) is 4.79 Å². The third-order valence-electron chi connectivity index (χ3n) is 2.80. The molecule has 0 bridgehead atoms. The predicted molar refractivity (Wildman–Crippen MR) is 65.5 cm³/mol. The minimum absolute atomic E-state index is 0.290. The molecule has 0 unspecified atom stereocenters. The van der Waals surface area contributed by atoms with Gasteiger partial charge in [0.1, 0.15) is 17.2 Å². The number of carboxylic acid groups (broad SMARTS) is 1. The minimum atomic E-state index is -1.01. The lowest BCUT2D eigenvalue weighted by Crippen LogP contribution is -2.41. The van der Waals surface area contributed by atoms with Crippen molar-refractivity contribution >= 4 is 23.6 Å². The Bertz CT molecular complexity index is 477. The van der Waals surface area contributed by atoms with E-state index in [0.717, 1.165) is 5.56 Å². The second-order valence-electron chi connectivity index (χ2n) is 4.02. The van der Waals surface area contributed by atoms with Gasteiger partial charge in [-0.25, -0.2) is 9.18 Å². The largest absolute Gasteiger partial charge is 0.480 e. The normalized spacial score (nSPS) is 23.1. The molecule has 2 atom stereocenters. The molecule has 1 amide bonds. The molecule has 0 spiro atoms. The molecule has 1 aliphatic heterocycles. The van der Waals surface area contributed by atoms with Crippen molar-refractivity contribution in [3.8, 4) is 0 Å². The summed E-state index contributed by atoms with van der Waals surface area (Å²) in [6.07, 6.45) is 0. The average molecular weight is 269 g/mol. The number of aliphatic carboxylic acids is 1. The summed E-state index contributed by atoms with van der Waals surface area (Å²) in [5.41, 5.74) is 0.736. The van der Waals surface area contributed by atoms with E-state index >= 15 is 0 Å². The van der Waals surface area contributed by atoms with Crippen LogP contribution in [-0.2, 0) is 9.59 Å². The number of carboxylic acids is 1. The Morgan fingerprint density at radius 2 is 2.00 bits per heavy atom. The number of amides is 1. The van der Waals surface area contributed by atoms with Crippen LogP contribution in [-0.4, -0.2) is 33.7 Å². The Morgan fingerprint density at radius 1 is 1.39 bits per heavy atom. The van der Waals surface area contributed by atoms with Crippen LogP contribution in [0.25, 0.3) is 0 Å². The highest BCUT2D eigenvalue weighted by Gasteiger charge is 2.40. The van der Waals surface area contributed by atoms with Crippen molar-refractivity contribution in [2.45, 2.75) is 18.3 Å². The molecule has 0 radical (unpaired) electrons. The van der Waals surface area contributed by atoms with Crippen LogP contribution in [0.2, 0.25) is 0 Å². The summed E-state index contributed by atoms with van der Waals surface area (Å²) in [5.74, 6) is -1.31. The number of rotatable bonds is 2. The van der Waals surface area contributed by atoms with Gasteiger partial charge >= 0.3 is 5.97 Å². The first-order valence-electron chi connectivity index (χ1n) is 5.39. The number of benzene rings is 1. The van der Waals surface area contributed by atoms with E-state index in [0.29, 0.717) is 5.75 Å². The molecule has 1 aromatic rings. The Morgan fingerprint density at radius 3 is 2.50 bits per heavy atom. The molecule has 1 aliphatic rings. The topological polar surface area (TPSA) is 57.6 Å². The van der Waals surface area contributed by atoms with Crippen molar-refractivity contribution in [1.82, 2.24) is 4.90 Å². The number of carbonyl (C=O) groups is 2. The van der Waals surface area contributed by atoms with Gasteiger partial charge in [-0.1, -0.05) is 12.1 Å². The molecule has 96 valence electrons. The maximum absolute atomic E-state index is 12.9. The molecular weight excluding hydrogens is 257 g/mol. The van der Waals surface area contributed by atoms with Crippen LogP contribution >= 0.6 is 11.8 Å². The first kappa shape index (κ1) is 12.9. The summed E-state index contributed by atoms with van der Waals surface area (Å²) in [4.78, 5) is 24.0. The van der Waals surface area contributed by atoms with Crippen molar-refractivity contribution in [2.75, 3.05) is 5.75 Å². The molecule has 6 heteroatoms. The summed E-state index contributed by atoms with van der Waals surface area (Å²) >= 11 is 1.38. The standard InChI is InChI=1S/C12H12FNO3S/c1-7(15)14-10(12(16)17)6-18-11(14)8-2-4-9(13)5-3-8/h2-5,10-11H,6H2,1H3,(H,16,17)/t10-,11+/m0/s1. The Hall–Kier alpha value is -1.56. The second-order valence-corrected chi connectivity index (χ2v) is 5.13. The second kappa shape index (κ2) is 4.97. The monoisotopic (exact) mass is 269 g/mol. The summed E-state index contributed by atoms with van der Waals surface area (Å²) in [5, 5.41) is 8.72. The summed E-state index contributed by atoms with van der Waals surface area (Å²) in [6, 6.07) is 4.95. The van der Waals surface area contributed by atoms with Crippen molar-refractivity contribution in [2.24, 2.45) is 0 Å². The maximum atomic E-state index is 12.9. The average Bonchev–Trinajstić information content (AvgIpc) is 2.74. The summed E-state index contributed by atoms with van der Waals surface area (Å²) in [6.45, 7) is 1.35. The third-order valence-corrected chi connectivity index (χ3v) is 4.13. The van der Waals surface area contributed by atoms with E-state index in [4.69, 9.17) is 5.11 Å². The molecule has 0 aliphatic carbocycles. The van der Waals surface area contributed by atoms with E-state index in [9.17, 15) is 14.0 Å². The van der Waals surface area contributed by atoms with Gasteiger partial charge in [0.25, 0.3) is 0 Å². The van der Waals surface area contributed by atoms with E-state index in [1.165, 1.54) is 35.7 Å². The molecule has 2 rings (SSSR count). The fourth-order valence-corrected chi connectivity index (χ4v) is 3.44. The number of thioether (sulfide) groups is 1. The first-order valence-corrected chi connectivity index (χ1v) is 6.44. The van der Waals surface area contributed by atoms with Crippen LogP contribution in [0.15, 0.2) is 24.3 Å². The lowest BCUT2D eigenvalue weighted by atomic mass is 10.1. The van der Waals surface area contributed by atoms with Gasteiger partial charge in [-0.15, -0.1) is 11.8 Å². The van der Waals surface area contributed by atoms with Gasteiger partial charge in [0.15, 0.2) is 0 Å². The highest BCUT2D eigenvalue weighted by atomic mass is 32.2. The maximum Gasteiger partial charge on any atom is 0.327 e. The van der Waals surface area contributed by atoms with Crippen molar-refractivity contribution in [3.63, 3.8) is 0 Å². The number of hydrogen-bond donors (Lipinski definition) is 1. The SMILES string of the molecule is CC(=O)N1[C@@H](c2ccc(F)cc2)SC[C@H]1C(=O)O. The van der Waals surface area contributed by atoms with Crippen LogP contribution in [0.4, 0.5) is 4.39 Å². The fourth-order valence-electron chi connectivity index (χ4n) is 1.97. The molecule has 1 fully saturated rings. The van der Waals surface area contributed by atoms with E-state index in [-0.39, 0.29) is 17.1 Å². The quantitative estimate of drug-likeness (QED) is 0.890. The third kappa shape index (κ3) is 2.33. The van der Waals surface area contributed by atoms with E-state index in [2.05, 4.69) is 0 Å². The summed E-state index contributed by atoms with van der Waals surface area (Å²) in [7, 11) is 0. The predicted octanol–water partition coefficient (Wildman–Crippen LogP) is 1.87. The first-order chi connectivity index (χ1) is 8.50. The van der Waals surface area contributed by atoms with Gasteiger partial charge < -0.3 is 10.0 Å². The number of halogens is 1. The Kier molecular flexibility index (Phi) is 3.56. The molecule has 0 saturated carbocycles. The van der Waals surface area contributed by atoms with Crippen molar-refractivity contribution in [1.29, 1.82) is 0 Å². The lowest BCUT2D eigenvalue weighted by Gasteiger charge is -2.26. The Balaban J connectivity index is 2.30. The van der Waals surface area contributed by atoms with Crippen LogP contribution in [0.1, 0.15) is 17.9 Å². The molecule has 1 saturated heterocycles. The van der Waals surface area contributed by atoms with E-state index < -0.39 is 12.0 Å². The van der Waals surface area contributed by atoms with E-state index in [1.54, 1.807) is 12.1 Å². The van der Waals surface area contributed by atoms with Gasteiger partial charge in [0.2, 0.25) is 5.91 Å². The van der Waals surface area contributed by atoms with Crippen LogP contribution in [0, 0.1) is 5.82 Å². The minimum Gasteiger partial charge on any atom is -0.480 e. The molecular formula is C12H12FNO3S. The molecule has 1 heterocycles. The smallest absolute Gasteiger partial charge is 0.327 e. The molecule has 4 nitrogen and oxygen atoms in total. The fraction of sp³-hybridized carbons (Fsp3) is 0.333. The van der Waals surface area contributed by atoms with Gasteiger partial charge in [-0.2, -0.15) is 0 Å². The Labute approximate surface area is 108 Å². The molecule has 1 N–H and O–H groups in total. The van der Waals surface area contributed by atoms with Crippen LogP contribution in [0.5, 0.6) is 0 Å². The van der Waals surface area contributed by atoms with Crippen molar-refractivity contribution < 1.29 is 19.1 Å². The van der Waals surface area contributed by atoms with Gasteiger partial charge in [0, 0.05) is 12.7 Å². The van der Waals surface area contributed by atoms with Crippen LogP contribution in [0.3, 0.4) is 0 Å². The van der Waals surface area contributed by atoms with E-state index in [1.807, 2.05) is 0 Å². The highest BCUT2D eigenvalue weighted by molar-refractivity contribution is 7.99. The summed E-state index contributed by atoms with van der Waals surface area (Å²) < 4.78 is 12.9. The zero-order chi connectivity index (χ0) is 13.3. The number of nitrogens with zero attached hydrogens (tertiary/aromatic N) is 1. The van der Waals surface area contributed by atoms with Gasteiger partial charge in [0.05, 0.1) is 0 Å². The molecule has 0 aromatic heterocycles. The number of carbonyl (C=O) groups excluding carboxylic acids is 1. The van der Waals surface area contributed by atoms with Crippen LogP contribution < -0.4 is 0 Å². The lowest BCUT2D eigenvalue weighted by molar-refractivity contribution is -0.148. The zero-order valence-corrected chi connectivity index (χ0v) is 10.5. The van der Waals surface area contributed by atoms with Gasteiger partial charge in [-0.05, 0) is 17.7 Å². The van der Waals surface area contributed by atoms with Crippen molar-refractivity contribution in [3.05, 3.63) is 35.6 Å².